The number of rotatable bonds is 10. The minimum Gasteiger partial charge on any atom is -0.372 e. The molecular formula is C24H41NO3S. The summed E-state index contributed by atoms with van der Waals surface area (Å²) < 4.78 is 29.6. The molecule has 166 valence electrons. The maximum Gasteiger partial charge on any atom is 0.152 e. The minimum absolute atomic E-state index is 0.249. The third kappa shape index (κ3) is 7.29. The van der Waals surface area contributed by atoms with Crippen LogP contribution >= 0.6 is 0 Å². The molecule has 0 amide bonds. The van der Waals surface area contributed by atoms with E-state index in [0.717, 1.165) is 38.8 Å². The van der Waals surface area contributed by atoms with E-state index in [-0.39, 0.29) is 17.5 Å². The van der Waals surface area contributed by atoms with E-state index in [1.54, 1.807) is 13.8 Å². The zero-order valence-corrected chi connectivity index (χ0v) is 20.1. The van der Waals surface area contributed by atoms with Crippen molar-refractivity contribution in [2.24, 2.45) is 0 Å². The molecule has 0 aliphatic carbocycles. The molecule has 29 heavy (non-hydrogen) atoms. The summed E-state index contributed by atoms with van der Waals surface area (Å²) in [4.78, 5) is 2.47. The van der Waals surface area contributed by atoms with Gasteiger partial charge in [0.15, 0.2) is 9.84 Å². The van der Waals surface area contributed by atoms with E-state index >= 15 is 0 Å². The SMILES string of the molecule is Cc1cc(N2C[C@@H](C)O[C@@H](C)C2)c(C)cc1CCCCCCCS(=O)(=O)C(C)C. The highest BCUT2D eigenvalue weighted by molar-refractivity contribution is 7.91. The Labute approximate surface area is 178 Å². The molecule has 0 unspecified atom stereocenters. The van der Waals surface area contributed by atoms with Gasteiger partial charge in [-0.05, 0) is 83.6 Å². The number of sulfone groups is 1. The zero-order valence-electron chi connectivity index (χ0n) is 19.3. The molecule has 2 atom stereocenters. The Morgan fingerprint density at radius 2 is 1.55 bits per heavy atom. The van der Waals surface area contributed by atoms with Crippen LogP contribution in [0.25, 0.3) is 0 Å². The number of aryl methyl sites for hydroxylation is 3. The molecule has 1 fully saturated rings. The van der Waals surface area contributed by atoms with E-state index in [4.69, 9.17) is 4.74 Å². The number of nitrogens with zero attached hydrogens (tertiary/aromatic N) is 1. The molecule has 5 heteroatoms. The lowest BCUT2D eigenvalue weighted by Crippen LogP contribution is -2.45. The quantitative estimate of drug-likeness (QED) is 0.483. The lowest BCUT2D eigenvalue weighted by molar-refractivity contribution is -0.00525. The van der Waals surface area contributed by atoms with Gasteiger partial charge in [-0.2, -0.15) is 0 Å². The first-order valence-electron chi connectivity index (χ1n) is 11.3. The molecule has 1 heterocycles. The lowest BCUT2D eigenvalue weighted by Gasteiger charge is -2.38. The lowest BCUT2D eigenvalue weighted by atomic mass is 9.97. The number of benzene rings is 1. The van der Waals surface area contributed by atoms with E-state index in [9.17, 15) is 8.42 Å². The van der Waals surface area contributed by atoms with Crippen LogP contribution in [0.3, 0.4) is 0 Å². The van der Waals surface area contributed by atoms with Crippen molar-refractivity contribution < 1.29 is 13.2 Å². The van der Waals surface area contributed by atoms with Gasteiger partial charge < -0.3 is 9.64 Å². The molecule has 1 aliphatic heterocycles. The average molecular weight is 424 g/mol. The Kier molecular flexibility index (Phi) is 9.02. The van der Waals surface area contributed by atoms with Crippen LogP contribution in [0, 0.1) is 13.8 Å². The first kappa shape index (κ1) is 24.2. The molecule has 4 nitrogen and oxygen atoms in total. The highest BCUT2D eigenvalue weighted by Gasteiger charge is 2.23. The van der Waals surface area contributed by atoms with Crippen LogP contribution in [0.15, 0.2) is 12.1 Å². The summed E-state index contributed by atoms with van der Waals surface area (Å²) >= 11 is 0. The van der Waals surface area contributed by atoms with Crippen LogP contribution < -0.4 is 4.90 Å². The molecule has 1 aliphatic rings. The number of hydrogen-bond donors (Lipinski definition) is 0. The smallest absolute Gasteiger partial charge is 0.152 e. The van der Waals surface area contributed by atoms with Gasteiger partial charge in [0, 0.05) is 18.8 Å². The molecule has 0 bridgehead atoms. The summed E-state index contributed by atoms with van der Waals surface area (Å²) in [5, 5.41) is -0.249. The number of unbranched alkanes of at least 4 members (excludes halogenated alkanes) is 4. The Hall–Kier alpha value is -1.07. The molecular weight excluding hydrogens is 382 g/mol. The molecule has 0 aromatic heterocycles. The van der Waals surface area contributed by atoms with Gasteiger partial charge in [-0.3, -0.25) is 0 Å². The molecule has 0 saturated carbocycles. The van der Waals surface area contributed by atoms with Crippen LogP contribution in [0.2, 0.25) is 0 Å². The summed E-state index contributed by atoms with van der Waals surface area (Å²) in [6.45, 7) is 14.2. The fraction of sp³-hybridized carbons (Fsp3) is 0.750. The minimum atomic E-state index is -2.88. The first-order chi connectivity index (χ1) is 13.6. The summed E-state index contributed by atoms with van der Waals surface area (Å²) in [6, 6.07) is 4.72. The van der Waals surface area contributed by atoms with Gasteiger partial charge in [0.05, 0.1) is 23.2 Å². The van der Waals surface area contributed by atoms with Gasteiger partial charge in [-0.15, -0.1) is 0 Å². The molecule has 2 rings (SSSR count). The largest absolute Gasteiger partial charge is 0.372 e. The molecule has 1 aromatic rings. The van der Waals surface area contributed by atoms with Crippen LogP contribution in [0.5, 0.6) is 0 Å². The maximum absolute atomic E-state index is 11.8. The highest BCUT2D eigenvalue weighted by Crippen LogP contribution is 2.28. The molecule has 0 spiro atoms. The molecule has 1 saturated heterocycles. The average Bonchev–Trinajstić information content (AvgIpc) is 2.62. The standard InChI is InChI=1S/C24H41NO3S/c1-18(2)29(26,27)13-11-9-7-8-10-12-23-14-20(4)24(15-19(23)3)25-16-21(5)28-22(6)17-25/h14-15,18,21-22H,7-13,16-17H2,1-6H3/t21-,22+. The van der Waals surface area contributed by atoms with Crippen molar-refractivity contribution in [2.75, 3.05) is 23.7 Å². The van der Waals surface area contributed by atoms with E-state index in [1.807, 2.05) is 0 Å². The Morgan fingerprint density at radius 3 is 2.17 bits per heavy atom. The summed E-state index contributed by atoms with van der Waals surface area (Å²) in [5.41, 5.74) is 5.52. The van der Waals surface area contributed by atoms with E-state index in [0.29, 0.717) is 5.75 Å². The topological polar surface area (TPSA) is 46.6 Å². The van der Waals surface area contributed by atoms with Crippen LogP contribution in [-0.2, 0) is 21.0 Å². The van der Waals surface area contributed by atoms with Gasteiger partial charge in [0.1, 0.15) is 0 Å². The Morgan fingerprint density at radius 1 is 0.966 bits per heavy atom. The summed E-state index contributed by atoms with van der Waals surface area (Å²) in [6.07, 6.45) is 6.91. The van der Waals surface area contributed by atoms with Crippen molar-refractivity contribution in [1.82, 2.24) is 0 Å². The van der Waals surface area contributed by atoms with Crippen molar-refractivity contribution in [3.63, 3.8) is 0 Å². The van der Waals surface area contributed by atoms with Gasteiger partial charge in [-0.1, -0.05) is 25.3 Å². The summed E-state index contributed by atoms with van der Waals surface area (Å²) in [5.74, 6) is 0.337. The third-order valence-corrected chi connectivity index (χ3v) is 8.30. The first-order valence-corrected chi connectivity index (χ1v) is 13.0. The van der Waals surface area contributed by atoms with Gasteiger partial charge in [-0.25, -0.2) is 8.42 Å². The fourth-order valence-corrected chi connectivity index (χ4v) is 5.31. The van der Waals surface area contributed by atoms with E-state index in [1.165, 1.54) is 35.2 Å². The summed E-state index contributed by atoms with van der Waals surface area (Å²) in [7, 11) is -2.88. The number of hydrogen-bond acceptors (Lipinski definition) is 4. The Balaban J connectivity index is 1.80. The van der Waals surface area contributed by atoms with Crippen molar-refractivity contribution in [2.45, 2.75) is 97.5 Å². The monoisotopic (exact) mass is 423 g/mol. The molecule has 0 N–H and O–H groups in total. The predicted molar refractivity (Wildman–Crippen MR) is 124 cm³/mol. The second kappa shape index (κ2) is 10.8. The molecule has 0 radical (unpaired) electrons. The van der Waals surface area contributed by atoms with Crippen LogP contribution in [-0.4, -0.2) is 44.7 Å². The van der Waals surface area contributed by atoms with Gasteiger partial charge in [0.25, 0.3) is 0 Å². The van der Waals surface area contributed by atoms with Crippen LogP contribution in [0.1, 0.15) is 76.5 Å². The normalized spacial score (nSPS) is 20.4. The van der Waals surface area contributed by atoms with Crippen molar-refractivity contribution >= 4 is 15.5 Å². The van der Waals surface area contributed by atoms with Crippen molar-refractivity contribution in [1.29, 1.82) is 0 Å². The second-order valence-corrected chi connectivity index (χ2v) is 11.8. The fourth-order valence-electron chi connectivity index (χ4n) is 4.23. The number of anilines is 1. The van der Waals surface area contributed by atoms with Gasteiger partial charge in [0.2, 0.25) is 0 Å². The third-order valence-electron chi connectivity index (χ3n) is 6.01. The number of ether oxygens (including phenoxy) is 1. The van der Waals surface area contributed by atoms with Crippen molar-refractivity contribution in [3.8, 4) is 0 Å². The highest BCUT2D eigenvalue weighted by atomic mass is 32.2. The van der Waals surface area contributed by atoms with Gasteiger partial charge >= 0.3 is 0 Å². The number of morpholine rings is 1. The second-order valence-electron chi connectivity index (χ2n) is 9.16. The maximum atomic E-state index is 11.8. The van der Waals surface area contributed by atoms with Crippen LogP contribution in [0.4, 0.5) is 5.69 Å². The van der Waals surface area contributed by atoms with Crippen molar-refractivity contribution in [3.05, 3.63) is 28.8 Å². The van der Waals surface area contributed by atoms with E-state index in [2.05, 4.69) is 44.7 Å². The molecule has 1 aromatic carbocycles. The Bertz CT molecular complexity index is 748. The predicted octanol–water partition coefficient (Wildman–Crippen LogP) is 5.23. The van der Waals surface area contributed by atoms with E-state index < -0.39 is 9.84 Å². The zero-order chi connectivity index (χ0) is 21.6.